The Morgan fingerprint density at radius 2 is 1.57 bits per heavy atom. The summed E-state index contributed by atoms with van der Waals surface area (Å²) in [5.74, 6) is 0.676. The summed E-state index contributed by atoms with van der Waals surface area (Å²) in [6, 6.07) is 11.9. The van der Waals surface area contributed by atoms with E-state index in [9.17, 15) is 18.0 Å². The van der Waals surface area contributed by atoms with E-state index < -0.39 is 21.3 Å². The van der Waals surface area contributed by atoms with Gasteiger partial charge in [0.2, 0.25) is 10.0 Å². The van der Waals surface area contributed by atoms with E-state index in [4.69, 9.17) is 4.74 Å². The van der Waals surface area contributed by atoms with E-state index in [1.165, 1.54) is 16.8 Å². The number of rotatable bonds is 6. The molecule has 1 aromatic heterocycles. The minimum absolute atomic E-state index is 0. The molecule has 3 rings (SSSR count). The first-order valence-corrected chi connectivity index (χ1v) is 12.1. The van der Waals surface area contributed by atoms with E-state index in [-0.39, 0.29) is 73.2 Å². The maximum absolute atomic E-state index is 12.4. The SMILES string of the molecule is COc1c(/C=C/c2ccc(NS(C)(=O)=O)cc2)cc(-n2ccc(=O)[nH]c2=O)cc1C(C)(C)C.O.O.O.[K]. The second-order valence-corrected chi connectivity index (χ2v) is 10.4. The van der Waals surface area contributed by atoms with Crippen molar-refractivity contribution in [2.45, 2.75) is 26.2 Å². The van der Waals surface area contributed by atoms with Gasteiger partial charge < -0.3 is 21.2 Å². The second kappa shape index (κ2) is 14.8. The molecule has 0 aliphatic carbocycles. The molecule has 0 saturated heterocycles. The predicted molar refractivity (Wildman–Crippen MR) is 148 cm³/mol. The largest absolute Gasteiger partial charge is 0.496 e. The van der Waals surface area contributed by atoms with Crippen LogP contribution in [0.25, 0.3) is 17.8 Å². The zero-order valence-electron chi connectivity index (χ0n) is 21.7. The first kappa shape index (κ1) is 37.1. The number of methoxy groups -OCH3 is 1. The van der Waals surface area contributed by atoms with E-state index in [1.807, 2.05) is 45.1 Å². The Balaban J connectivity index is 0. The Kier molecular flexibility index (Phi) is 14.8. The fourth-order valence-electron chi connectivity index (χ4n) is 3.37. The molecule has 0 unspecified atom stereocenters. The number of aromatic amines is 1. The molecule has 1 heterocycles. The van der Waals surface area contributed by atoms with Crippen molar-refractivity contribution < 1.29 is 29.6 Å². The number of hydrogen-bond acceptors (Lipinski definition) is 5. The van der Waals surface area contributed by atoms with Crippen LogP contribution in [-0.4, -0.2) is 99.1 Å². The molecule has 13 heteroatoms. The third-order valence-electron chi connectivity index (χ3n) is 4.89. The van der Waals surface area contributed by atoms with Crippen molar-refractivity contribution in [3.05, 3.63) is 86.2 Å². The molecule has 0 amide bonds. The van der Waals surface area contributed by atoms with Crippen LogP contribution in [0.2, 0.25) is 0 Å². The van der Waals surface area contributed by atoms with Gasteiger partial charge in [-0.15, -0.1) is 0 Å². The molecule has 2 aromatic carbocycles. The molecule has 0 aliphatic rings. The Morgan fingerprint density at radius 1 is 0.973 bits per heavy atom. The van der Waals surface area contributed by atoms with Crippen LogP contribution < -0.4 is 20.7 Å². The first-order chi connectivity index (χ1) is 15.4. The number of anilines is 1. The van der Waals surface area contributed by atoms with Gasteiger partial charge in [0, 0.05) is 80.5 Å². The van der Waals surface area contributed by atoms with Crippen molar-refractivity contribution in [1.82, 2.24) is 9.55 Å². The van der Waals surface area contributed by atoms with Crippen molar-refractivity contribution >= 4 is 79.2 Å². The van der Waals surface area contributed by atoms with Gasteiger partial charge in [0.05, 0.1) is 19.1 Å². The summed E-state index contributed by atoms with van der Waals surface area (Å²) in [5.41, 5.74) is 2.28. The molecular weight excluding hydrogens is 529 g/mol. The third-order valence-corrected chi connectivity index (χ3v) is 5.49. The maximum Gasteiger partial charge on any atom is 0.332 e. The number of nitrogens with one attached hydrogen (secondary N) is 2. The van der Waals surface area contributed by atoms with E-state index in [2.05, 4.69) is 9.71 Å². The van der Waals surface area contributed by atoms with Crippen LogP contribution >= 0.6 is 0 Å². The van der Waals surface area contributed by atoms with E-state index >= 15 is 0 Å². The van der Waals surface area contributed by atoms with E-state index in [1.54, 1.807) is 31.4 Å². The summed E-state index contributed by atoms with van der Waals surface area (Å²) in [6.45, 7) is 6.14. The normalized spacial score (nSPS) is 10.8. The van der Waals surface area contributed by atoms with Crippen LogP contribution in [0.3, 0.4) is 0 Å². The summed E-state index contributed by atoms with van der Waals surface area (Å²) in [5, 5.41) is 0. The minimum atomic E-state index is -3.34. The predicted octanol–water partition coefficient (Wildman–Crippen LogP) is 0.519. The van der Waals surface area contributed by atoms with Gasteiger partial charge in [-0.1, -0.05) is 45.1 Å². The quantitative estimate of drug-likeness (QED) is 0.325. The fraction of sp³-hybridized carbons (Fsp3) is 0.250. The molecule has 11 nitrogen and oxygen atoms in total. The van der Waals surface area contributed by atoms with Crippen molar-refractivity contribution in [3.8, 4) is 11.4 Å². The number of aromatic nitrogens is 2. The molecule has 0 atom stereocenters. The number of nitrogens with zero attached hydrogens (tertiary/aromatic N) is 1. The molecule has 0 saturated carbocycles. The van der Waals surface area contributed by atoms with Crippen LogP contribution in [0.15, 0.2) is 58.3 Å². The monoisotopic (exact) mass is 562 g/mol. The Bertz CT molecular complexity index is 1420. The molecule has 8 N–H and O–H groups in total. The number of benzene rings is 2. The molecule has 0 spiro atoms. The molecule has 3 aromatic rings. The topological polar surface area (TPSA) is 205 Å². The standard InChI is InChI=1S/C24H27N3O5S.K.3H2O/c1-24(2,3)20-15-19(27-13-12-21(28)25-23(27)29)14-17(22(20)32-4)9-6-16-7-10-18(11-8-16)26-33(5,30)31;;;;/h6-15,26H,1-5H3,(H,25,28,29);;3*1H2/b9-6+;;;;. The average molecular weight is 563 g/mol. The zero-order chi connectivity index (χ0) is 24.4. The smallest absolute Gasteiger partial charge is 0.332 e. The van der Waals surface area contributed by atoms with Gasteiger partial charge in [0.15, 0.2) is 0 Å². The van der Waals surface area contributed by atoms with E-state index in [0.29, 0.717) is 17.1 Å². The summed E-state index contributed by atoms with van der Waals surface area (Å²) in [4.78, 5) is 26.2. The van der Waals surface area contributed by atoms with Crippen molar-refractivity contribution in [1.29, 1.82) is 0 Å². The van der Waals surface area contributed by atoms with Crippen LogP contribution in [0.5, 0.6) is 5.75 Å². The minimum Gasteiger partial charge on any atom is -0.496 e. The molecule has 37 heavy (non-hydrogen) atoms. The molecular formula is C24H33KN3O8S. The molecule has 0 fully saturated rings. The Morgan fingerprint density at radius 3 is 2.05 bits per heavy atom. The van der Waals surface area contributed by atoms with Gasteiger partial charge in [0.1, 0.15) is 5.75 Å². The third kappa shape index (κ3) is 9.96. The summed E-state index contributed by atoms with van der Waals surface area (Å²) < 4.78 is 32.3. The molecule has 0 aliphatic heterocycles. The Hall–Kier alpha value is -2.07. The number of H-pyrrole nitrogens is 1. The van der Waals surface area contributed by atoms with Crippen molar-refractivity contribution in [2.24, 2.45) is 0 Å². The number of sulfonamides is 1. The van der Waals surface area contributed by atoms with Gasteiger partial charge >= 0.3 is 5.69 Å². The van der Waals surface area contributed by atoms with Crippen LogP contribution in [0, 0.1) is 0 Å². The summed E-state index contributed by atoms with van der Waals surface area (Å²) >= 11 is 0. The maximum atomic E-state index is 12.4. The van der Waals surface area contributed by atoms with Crippen LogP contribution in [-0.2, 0) is 15.4 Å². The molecule has 199 valence electrons. The first-order valence-electron chi connectivity index (χ1n) is 10.2. The molecule has 0 bridgehead atoms. The van der Waals surface area contributed by atoms with Gasteiger partial charge in [0.25, 0.3) is 5.56 Å². The fourth-order valence-corrected chi connectivity index (χ4v) is 3.93. The van der Waals surface area contributed by atoms with Crippen LogP contribution in [0.1, 0.15) is 37.5 Å². The number of ether oxygens (including phenoxy) is 1. The second-order valence-electron chi connectivity index (χ2n) is 8.68. The Labute approximate surface area is 258 Å². The van der Waals surface area contributed by atoms with E-state index in [0.717, 1.165) is 22.9 Å². The zero-order valence-corrected chi connectivity index (χ0v) is 25.6. The average Bonchev–Trinajstić information content (AvgIpc) is 2.71. The summed E-state index contributed by atoms with van der Waals surface area (Å²) in [6.07, 6.45) is 6.28. The van der Waals surface area contributed by atoms with Crippen molar-refractivity contribution in [2.75, 3.05) is 18.1 Å². The van der Waals surface area contributed by atoms with Crippen LogP contribution in [0.4, 0.5) is 5.69 Å². The summed E-state index contributed by atoms with van der Waals surface area (Å²) in [7, 11) is -1.75. The number of hydrogen-bond donors (Lipinski definition) is 2. The van der Waals surface area contributed by atoms with Gasteiger partial charge in [-0.2, -0.15) is 0 Å². The molecule has 1 radical (unpaired) electrons. The van der Waals surface area contributed by atoms with Gasteiger partial charge in [-0.25, -0.2) is 13.2 Å². The van der Waals surface area contributed by atoms with Crippen molar-refractivity contribution in [3.63, 3.8) is 0 Å². The van der Waals surface area contributed by atoms with Gasteiger partial charge in [-0.05, 0) is 35.2 Å². The van der Waals surface area contributed by atoms with Gasteiger partial charge in [-0.3, -0.25) is 19.1 Å².